The molecule has 0 saturated heterocycles. The van der Waals surface area contributed by atoms with Crippen LogP contribution in [0.15, 0.2) is 97.2 Å². The van der Waals surface area contributed by atoms with Crippen LogP contribution in [0.1, 0.15) is 174 Å². The quantitative estimate of drug-likeness (QED) is 0.0147. The van der Waals surface area contributed by atoms with Crippen molar-refractivity contribution in [3.63, 3.8) is 0 Å². The van der Waals surface area contributed by atoms with Gasteiger partial charge in [-0.1, -0.05) is 169 Å². The molecule has 0 spiro atoms. The molecule has 6 atom stereocenters. The lowest BCUT2D eigenvalue weighted by atomic mass is 9.85. The third kappa shape index (κ3) is 35.1. The van der Waals surface area contributed by atoms with Gasteiger partial charge in [0.05, 0.1) is 13.2 Å². The Kier molecular flexibility index (Phi) is 40.2. The van der Waals surface area contributed by atoms with Crippen molar-refractivity contribution in [2.75, 3.05) is 19.8 Å². The lowest BCUT2D eigenvalue weighted by Crippen LogP contribution is -2.64. The Bertz CT molecular complexity index is 1470. The predicted octanol–water partition coefficient (Wildman–Crippen LogP) is 11.5. The smallest absolute Gasteiger partial charge is 0.457 e. The summed E-state index contributed by atoms with van der Waals surface area (Å²) in [5.41, 5.74) is 0. The van der Waals surface area contributed by atoms with Gasteiger partial charge in [-0.3, -0.25) is 13.8 Å². The molecular formula is C54H91O12P. The minimum absolute atomic E-state index is 0.101. The maximum absolute atomic E-state index is 12.9. The number of rotatable bonds is 42. The monoisotopic (exact) mass is 963 g/mol. The Hall–Kier alpha value is -2.74. The van der Waals surface area contributed by atoms with Crippen molar-refractivity contribution < 1.29 is 58.3 Å². The Labute approximate surface area is 404 Å². The zero-order chi connectivity index (χ0) is 49.1. The number of hydrogen-bond acceptors (Lipinski definition) is 11. The van der Waals surface area contributed by atoms with Crippen LogP contribution in [0.3, 0.4) is 0 Å². The molecule has 0 amide bonds. The molecule has 0 heterocycles. The van der Waals surface area contributed by atoms with Gasteiger partial charge in [-0.25, -0.2) is 4.57 Å². The number of aliphatic hydroxyl groups is 5. The number of allylic oxidation sites excluding steroid dienone is 16. The molecule has 13 heteroatoms. The molecule has 6 unspecified atom stereocenters. The second-order valence-corrected chi connectivity index (χ2v) is 18.7. The van der Waals surface area contributed by atoms with Crippen LogP contribution in [0.25, 0.3) is 0 Å². The normalized spacial score (nSPS) is 22.1. The first-order valence-electron chi connectivity index (χ1n) is 25.6. The maximum atomic E-state index is 12.9. The van der Waals surface area contributed by atoms with Crippen molar-refractivity contribution in [2.24, 2.45) is 0 Å². The maximum Gasteiger partial charge on any atom is 0.472 e. The van der Waals surface area contributed by atoms with E-state index in [4.69, 9.17) is 18.5 Å². The van der Waals surface area contributed by atoms with Gasteiger partial charge < -0.3 is 39.9 Å². The molecule has 0 bridgehead atoms. The fourth-order valence-electron chi connectivity index (χ4n) is 7.15. The highest BCUT2D eigenvalue weighted by Gasteiger charge is 2.51. The average Bonchev–Trinajstić information content (AvgIpc) is 3.31. The molecule has 1 fully saturated rings. The summed E-state index contributed by atoms with van der Waals surface area (Å²) in [5.74, 6) is -0.509. The van der Waals surface area contributed by atoms with Crippen LogP contribution in [0.5, 0.6) is 0 Å². The zero-order valence-corrected chi connectivity index (χ0v) is 42.1. The number of hydrogen-bond donors (Lipinski definition) is 6. The molecular weight excluding hydrogens is 872 g/mol. The molecule has 1 aliphatic rings. The largest absolute Gasteiger partial charge is 0.472 e. The van der Waals surface area contributed by atoms with Gasteiger partial charge in [-0.2, -0.15) is 0 Å². The van der Waals surface area contributed by atoms with E-state index < -0.39 is 63.1 Å². The molecule has 0 aromatic rings. The van der Waals surface area contributed by atoms with E-state index in [0.717, 1.165) is 116 Å². The second kappa shape index (κ2) is 43.3. The van der Waals surface area contributed by atoms with E-state index in [2.05, 4.69) is 111 Å². The van der Waals surface area contributed by atoms with Crippen molar-refractivity contribution in [2.45, 2.75) is 217 Å². The highest BCUT2D eigenvalue weighted by molar-refractivity contribution is 7.47. The number of unbranched alkanes of at least 4 members (excludes halogenated alkanes) is 14. The number of phosphoric acid groups is 1. The number of esters is 1. The topological polar surface area (TPSA) is 192 Å². The van der Waals surface area contributed by atoms with Crippen molar-refractivity contribution in [3.05, 3.63) is 97.2 Å². The summed E-state index contributed by atoms with van der Waals surface area (Å²) in [6.45, 7) is 4.07. The summed E-state index contributed by atoms with van der Waals surface area (Å²) < 4.78 is 34.2. The van der Waals surface area contributed by atoms with Gasteiger partial charge in [-0.05, 0) is 96.3 Å². The lowest BCUT2D eigenvalue weighted by Gasteiger charge is -2.41. The number of carbonyl (C=O) groups excluding carboxylic acids is 1. The van der Waals surface area contributed by atoms with E-state index in [9.17, 15) is 39.8 Å². The Morgan fingerprint density at radius 2 is 0.881 bits per heavy atom. The summed E-state index contributed by atoms with van der Waals surface area (Å²) in [5, 5.41) is 50.3. The average molecular weight is 963 g/mol. The minimum Gasteiger partial charge on any atom is -0.457 e. The Morgan fingerprint density at radius 1 is 0.493 bits per heavy atom. The SMILES string of the molecule is CC/C=C\C/C=C\C/C=C\C/C=C\C/C=C\C/C=C\CCCCCCC(=O)OC(COCCCCCCCC/C=C\C/C=C\CCCCCC)COP(=O)(O)OC1C(O)C(O)C(O)C(O)C1O. The van der Waals surface area contributed by atoms with Crippen molar-refractivity contribution in [1.82, 2.24) is 0 Å². The third-order valence-electron chi connectivity index (χ3n) is 11.2. The van der Waals surface area contributed by atoms with E-state index >= 15 is 0 Å². The number of aliphatic hydroxyl groups excluding tert-OH is 5. The molecule has 0 aromatic carbocycles. The van der Waals surface area contributed by atoms with Gasteiger partial charge in [0, 0.05) is 13.0 Å². The van der Waals surface area contributed by atoms with E-state index in [1.807, 2.05) is 0 Å². The first-order valence-corrected chi connectivity index (χ1v) is 27.1. The standard InChI is InChI=1S/C54H91O12P/c1-3-5-7-9-11-13-15-17-19-21-22-23-24-25-26-27-29-31-33-35-37-39-41-43-48(55)65-47(46-64-67(61,62)66-54-52(59)50(57)49(56)51(58)53(54)60)45-63-44-42-40-38-36-34-32-30-28-20-18-16-14-12-10-8-6-4-2/h5,7,11,13-14,16-17,19-20,22-23,25-26,28-29,31,47,49-54,56-60H,3-4,6,8-10,12,15,18,21,24,27,30,32-46H2,1-2H3,(H,61,62)/b7-5-,13-11-,16-14-,19-17-,23-22-,26-25-,28-20-,31-29-. The van der Waals surface area contributed by atoms with Crippen LogP contribution in [-0.4, -0.2) is 98.9 Å². The summed E-state index contributed by atoms with van der Waals surface area (Å²) >= 11 is 0. The van der Waals surface area contributed by atoms with E-state index in [0.29, 0.717) is 13.0 Å². The first kappa shape index (κ1) is 62.3. The molecule has 67 heavy (non-hydrogen) atoms. The third-order valence-corrected chi connectivity index (χ3v) is 12.2. The summed E-state index contributed by atoms with van der Waals surface area (Å²) in [7, 11) is -5.04. The minimum atomic E-state index is -5.04. The molecule has 0 radical (unpaired) electrons. The Balaban J connectivity index is 2.39. The lowest BCUT2D eigenvalue weighted by molar-refractivity contribution is -0.220. The summed E-state index contributed by atoms with van der Waals surface area (Å²) in [6.07, 6.45) is 47.5. The highest BCUT2D eigenvalue weighted by Crippen LogP contribution is 2.47. The molecule has 1 aliphatic carbocycles. The molecule has 6 N–H and O–H groups in total. The fraction of sp³-hybridized carbons (Fsp3) is 0.685. The number of phosphoric ester groups is 1. The van der Waals surface area contributed by atoms with Crippen molar-refractivity contribution >= 4 is 13.8 Å². The van der Waals surface area contributed by atoms with Gasteiger partial charge in [0.2, 0.25) is 0 Å². The predicted molar refractivity (Wildman–Crippen MR) is 271 cm³/mol. The molecule has 1 saturated carbocycles. The summed E-state index contributed by atoms with van der Waals surface area (Å²) in [4.78, 5) is 23.2. The van der Waals surface area contributed by atoms with E-state index in [1.165, 1.54) is 32.1 Å². The van der Waals surface area contributed by atoms with Crippen LogP contribution in [-0.2, 0) is 27.9 Å². The van der Waals surface area contributed by atoms with E-state index in [-0.39, 0.29) is 13.0 Å². The van der Waals surface area contributed by atoms with Gasteiger partial charge in [-0.15, -0.1) is 0 Å². The fourth-order valence-corrected chi connectivity index (χ4v) is 8.13. The van der Waals surface area contributed by atoms with Crippen LogP contribution in [0.4, 0.5) is 0 Å². The van der Waals surface area contributed by atoms with Crippen LogP contribution in [0.2, 0.25) is 0 Å². The van der Waals surface area contributed by atoms with Crippen molar-refractivity contribution in [3.8, 4) is 0 Å². The molecule has 12 nitrogen and oxygen atoms in total. The number of ether oxygens (including phenoxy) is 2. The van der Waals surface area contributed by atoms with Gasteiger partial charge in [0.1, 0.15) is 42.7 Å². The van der Waals surface area contributed by atoms with Crippen LogP contribution in [0, 0.1) is 0 Å². The van der Waals surface area contributed by atoms with E-state index in [1.54, 1.807) is 0 Å². The van der Waals surface area contributed by atoms with Gasteiger partial charge in [0.25, 0.3) is 0 Å². The van der Waals surface area contributed by atoms with Crippen LogP contribution < -0.4 is 0 Å². The Morgan fingerprint density at radius 3 is 1.34 bits per heavy atom. The van der Waals surface area contributed by atoms with Gasteiger partial charge in [0.15, 0.2) is 0 Å². The molecule has 384 valence electrons. The second-order valence-electron chi connectivity index (χ2n) is 17.3. The van der Waals surface area contributed by atoms with Crippen LogP contribution >= 0.6 is 7.82 Å². The van der Waals surface area contributed by atoms with Gasteiger partial charge >= 0.3 is 13.8 Å². The summed E-state index contributed by atoms with van der Waals surface area (Å²) in [6, 6.07) is 0. The molecule has 0 aromatic heterocycles. The molecule has 1 rings (SSSR count). The zero-order valence-electron chi connectivity index (χ0n) is 41.2. The highest BCUT2D eigenvalue weighted by atomic mass is 31.2. The van der Waals surface area contributed by atoms with Crippen molar-refractivity contribution in [1.29, 1.82) is 0 Å². The number of carbonyl (C=O) groups is 1. The molecule has 0 aliphatic heterocycles. The first-order chi connectivity index (χ1) is 32.5.